The fraction of sp³-hybridized carbons (Fsp3) is 0.0500. The molecule has 0 N–H and O–H groups in total. The van der Waals surface area contributed by atoms with Crippen molar-refractivity contribution in [1.82, 2.24) is 30.4 Å². The summed E-state index contributed by atoms with van der Waals surface area (Å²) in [4.78, 5) is 16.6. The third-order valence-electron chi connectivity index (χ3n) is 7.85. The predicted molar refractivity (Wildman–Crippen MR) is 199 cm³/mol. The van der Waals surface area contributed by atoms with Gasteiger partial charge < -0.3 is 40.0 Å². The maximum atomic E-state index is 4.02. The van der Waals surface area contributed by atoms with E-state index in [1.807, 2.05) is 60.7 Å². The molecular weight excluding hydrogens is 1010 g/mol. The molecule has 0 fully saturated rings. The molecule has 0 bridgehead atoms. The number of rotatable bonds is 2. The first-order valence-electron chi connectivity index (χ1n) is 15.9. The molecule has 8 aromatic rings. The molecule has 0 radical (unpaired) electrons. The summed E-state index contributed by atoms with van der Waals surface area (Å²) in [5.74, 6) is 0. The molecule has 10 nitrogen and oxygen atoms in total. The third-order valence-corrected chi connectivity index (χ3v) is 7.85. The summed E-state index contributed by atoms with van der Waals surface area (Å²) in [6, 6.07) is 46.7. The number of anilines is 6. The van der Waals surface area contributed by atoms with Crippen LogP contribution in [0.2, 0.25) is 0 Å². The van der Waals surface area contributed by atoms with Crippen molar-refractivity contribution < 1.29 is 42.1 Å². The zero-order valence-electron chi connectivity index (χ0n) is 28.1. The standard InChI is InChI=1S/2C14H12N2.2C6H4N3.2Pt/c2*1-15-11-16(12-7-3-2-4-8-12)14-10-6-5-9-13(14)15;2*1-2-5-6(7-3-1)4-8-9-5;;/h2*2-7,9-11H,1H3;2*1-4H;;/q2*-2;2*-1;;. The largest absolute Gasteiger partial charge is 0.574 e. The zero-order chi connectivity index (χ0) is 34.1. The minimum Gasteiger partial charge on any atom is -0.574 e. The number of hydrogen-bond acceptors (Lipinski definition) is 8. The summed E-state index contributed by atoms with van der Waals surface area (Å²) < 4.78 is 0. The van der Waals surface area contributed by atoms with E-state index in [1.54, 1.807) is 24.8 Å². The summed E-state index contributed by atoms with van der Waals surface area (Å²) in [5.41, 5.74) is 10.4. The summed E-state index contributed by atoms with van der Waals surface area (Å²) in [6.07, 6.45) is 6.75. The Morgan fingerprint density at radius 3 is 1.29 bits per heavy atom. The Hall–Kier alpha value is -5.30. The molecule has 12 heteroatoms. The minimum absolute atomic E-state index is 0. The van der Waals surface area contributed by atoms with Crippen molar-refractivity contribution in [2.45, 2.75) is 0 Å². The summed E-state index contributed by atoms with van der Waals surface area (Å²) in [6.45, 7) is 4.16. The fourth-order valence-corrected chi connectivity index (χ4v) is 5.46. The van der Waals surface area contributed by atoms with Gasteiger partial charge in [-0.25, -0.2) is 0 Å². The van der Waals surface area contributed by atoms with E-state index < -0.39 is 0 Å². The normalized spacial score (nSPS) is 12.2. The van der Waals surface area contributed by atoms with Crippen LogP contribution in [0.5, 0.6) is 0 Å². The molecule has 6 heterocycles. The number of fused-ring (bicyclic) bond motifs is 4. The second-order valence-electron chi connectivity index (χ2n) is 11.2. The maximum Gasteiger partial charge on any atom is 0.0657 e. The average Bonchev–Trinajstić information content (AvgIpc) is 3.99. The molecule has 0 atom stereocenters. The van der Waals surface area contributed by atoms with Gasteiger partial charge in [-0.1, -0.05) is 47.4 Å². The van der Waals surface area contributed by atoms with E-state index in [0.717, 1.165) is 33.4 Å². The average molecular weight is 1040 g/mol. The first-order chi connectivity index (χ1) is 24.7. The van der Waals surface area contributed by atoms with Crippen LogP contribution in [0, 0.1) is 25.5 Å². The van der Waals surface area contributed by atoms with Crippen molar-refractivity contribution in [2.24, 2.45) is 0 Å². The molecule has 52 heavy (non-hydrogen) atoms. The van der Waals surface area contributed by atoms with Crippen molar-refractivity contribution in [3.8, 4) is 0 Å². The Balaban J connectivity index is 0.000000137. The van der Waals surface area contributed by atoms with Crippen LogP contribution in [0.15, 0.2) is 146 Å². The van der Waals surface area contributed by atoms with Crippen LogP contribution < -0.4 is 29.8 Å². The molecule has 2 aliphatic heterocycles. The number of aromatic nitrogens is 6. The van der Waals surface area contributed by atoms with E-state index in [2.05, 4.69) is 150 Å². The van der Waals surface area contributed by atoms with Gasteiger partial charge in [0.25, 0.3) is 0 Å². The third kappa shape index (κ3) is 8.76. The number of pyridine rings is 2. The van der Waals surface area contributed by atoms with Gasteiger partial charge >= 0.3 is 0 Å². The van der Waals surface area contributed by atoms with Crippen molar-refractivity contribution >= 4 is 56.2 Å². The molecular formula is C40H32N10Pt2-6. The van der Waals surface area contributed by atoms with Crippen LogP contribution in [-0.4, -0.2) is 34.3 Å². The molecule has 10 rings (SSSR count). The number of hydrogen-bond donors (Lipinski definition) is 0. The second kappa shape index (κ2) is 18.3. The Labute approximate surface area is 332 Å². The molecule has 0 aliphatic carbocycles. The van der Waals surface area contributed by atoms with E-state index in [1.165, 1.54) is 22.7 Å². The van der Waals surface area contributed by atoms with Gasteiger partial charge in [0.1, 0.15) is 0 Å². The molecule has 2 aliphatic rings. The summed E-state index contributed by atoms with van der Waals surface area (Å²) in [5, 5.41) is 15.0. The van der Waals surface area contributed by atoms with E-state index in [0.29, 0.717) is 0 Å². The van der Waals surface area contributed by atoms with Crippen LogP contribution in [0.3, 0.4) is 0 Å². The molecule has 0 saturated carbocycles. The topological polar surface area (TPSA) is 92.7 Å². The summed E-state index contributed by atoms with van der Waals surface area (Å²) in [7, 11) is 4.11. The smallest absolute Gasteiger partial charge is 0.0657 e. The van der Waals surface area contributed by atoms with Gasteiger partial charge in [-0.15, -0.1) is 11.4 Å². The molecule has 0 unspecified atom stereocenters. The first-order valence-corrected chi connectivity index (χ1v) is 15.9. The number of benzene rings is 4. The molecule has 4 aromatic heterocycles. The summed E-state index contributed by atoms with van der Waals surface area (Å²) >= 11 is 0. The minimum atomic E-state index is 0. The Bertz CT molecular complexity index is 2040. The number of nitrogens with zero attached hydrogens (tertiary/aromatic N) is 10. The van der Waals surface area contributed by atoms with Crippen LogP contribution in [0.4, 0.5) is 34.1 Å². The predicted octanol–water partition coefficient (Wildman–Crippen LogP) is 7.56. The maximum absolute atomic E-state index is 4.02. The Morgan fingerprint density at radius 2 is 0.904 bits per heavy atom. The van der Waals surface area contributed by atoms with Gasteiger partial charge in [-0.05, 0) is 50.5 Å². The zero-order valence-corrected chi connectivity index (χ0v) is 32.7. The van der Waals surface area contributed by atoms with Crippen LogP contribution in [0.1, 0.15) is 0 Å². The first kappa shape index (κ1) is 37.9. The van der Waals surface area contributed by atoms with Gasteiger partial charge in [0, 0.05) is 89.7 Å². The molecule has 0 spiro atoms. The number of para-hydroxylation sites is 6. The van der Waals surface area contributed by atoms with Gasteiger partial charge in [-0.2, -0.15) is 74.0 Å². The van der Waals surface area contributed by atoms with E-state index in [4.69, 9.17) is 0 Å². The van der Waals surface area contributed by atoms with Crippen molar-refractivity contribution in [3.63, 3.8) is 0 Å². The molecule has 268 valence electrons. The monoisotopic (exact) mass is 1040 g/mol. The van der Waals surface area contributed by atoms with E-state index >= 15 is 0 Å². The van der Waals surface area contributed by atoms with Gasteiger partial charge in [0.05, 0.1) is 11.0 Å². The van der Waals surface area contributed by atoms with E-state index in [9.17, 15) is 0 Å². The van der Waals surface area contributed by atoms with Gasteiger partial charge in [-0.3, -0.25) is 9.97 Å². The quantitative estimate of drug-likeness (QED) is 0.162. The fourth-order valence-electron chi connectivity index (χ4n) is 5.46. The van der Waals surface area contributed by atoms with Crippen LogP contribution in [-0.2, 0) is 42.1 Å². The molecule has 4 aromatic carbocycles. The van der Waals surface area contributed by atoms with Crippen LogP contribution in [0.25, 0.3) is 22.1 Å². The van der Waals surface area contributed by atoms with Gasteiger partial charge in [0.2, 0.25) is 0 Å². The molecule has 0 amide bonds. The Kier molecular flexibility index (Phi) is 13.3. The second-order valence-corrected chi connectivity index (χ2v) is 11.2. The van der Waals surface area contributed by atoms with Crippen molar-refractivity contribution in [2.75, 3.05) is 33.7 Å². The van der Waals surface area contributed by atoms with Crippen molar-refractivity contribution in [1.29, 1.82) is 0 Å². The van der Waals surface area contributed by atoms with Crippen molar-refractivity contribution in [3.05, 3.63) is 172 Å². The van der Waals surface area contributed by atoms with E-state index in [-0.39, 0.29) is 42.1 Å². The van der Waals surface area contributed by atoms with Crippen LogP contribution >= 0.6 is 0 Å². The van der Waals surface area contributed by atoms with Gasteiger partial charge in [0.15, 0.2) is 0 Å². The molecule has 0 saturated heterocycles. The SMILES string of the molecule is CN1[CH-]N(c2[c-]cccc2)c2ccccc21.CN1[CH-]N(c2[c-]cccc2)c2ccccc21.[Pt].[Pt].c1cnc2cn[n-]c2c1.c1cnc2cn[n-]c2c1. The Morgan fingerprint density at radius 1 is 0.500 bits per heavy atom.